The van der Waals surface area contributed by atoms with Crippen molar-refractivity contribution in [3.63, 3.8) is 0 Å². The van der Waals surface area contributed by atoms with Crippen LogP contribution in [-0.2, 0) is 19.1 Å². The van der Waals surface area contributed by atoms with Crippen LogP contribution < -0.4 is 4.90 Å². The van der Waals surface area contributed by atoms with E-state index in [0.717, 1.165) is 11.3 Å². The highest BCUT2D eigenvalue weighted by molar-refractivity contribution is 6.19. The van der Waals surface area contributed by atoms with Gasteiger partial charge in [-0.25, -0.2) is 0 Å². The average molecular weight is 410 g/mol. The maximum atomic E-state index is 12.8. The Bertz CT molecular complexity index is 738. The van der Waals surface area contributed by atoms with Crippen LogP contribution in [0.1, 0.15) is 19.4 Å². The van der Waals surface area contributed by atoms with Gasteiger partial charge < -0.3 is 14.5 Å². The summed E-state index contributed by atoms with van der Waals surface area (Å²) >= 11 is 5.92. The van der Waals surface area contributed by atoms with Crippen LogP contribution in [0.2, 0.25) is 0 Å². The van der Waals surface area contributed by atoms with E-state index in [9.17, 15) is 14.4 Å². The van der Waals surface area contributed by atoms with Gasteiger partial charge in [-0.2, -0.15) is 0 Å². The summed E-state index contributed by atoms with van der Waals surface area (Å²) in [7, 11) is 1.54. The SMILES string of the molecule is COCCN(CC(=O)N1CC(=O)N(c2cccc(C)c2)C1)C(=O)C(C)(C)CCl. The van der Waals surface area contributed by atoms with Gasteiger partial charge in [-0.05, 0) is 38.5 Å². The molecule has 2 rings (SSSR count). The molecule has 0 bridgehead atoms. The third-order valence-corrected chi connectivity index (χ3v) is 5.37. The molecule has 1 heterocycles. The summed E-state index contributed by atoms with van der Waals surface area (Å²) in [5, 5.41) is 0. The number of hydrogen-bond donors (Lipinski definition) is 0. The van der Waals surface area contributed by atoms with Crippen LogP contribution in [-0.4, -0.2) is 73.4 Å². The lowest BCUT2D eigenvalue weighted by molar-refractivity contribution is -0.145. The first-order valence-corrected chi connectivity index (χ1v) is 9.72. The topological polar surface area (TPSA) is 70.2 Å². The molecule has 7 nitrogen and oxygen atoms in total. The molecule has 1 aliphatic rings. The highest BCUT2D eigenvalue weighted by atomic mass is 35.5. The van der Waals surface area contributed by atoms with Crippen molar-refractivity contribution in [2.24, 2.45) is 5.41 Å². The molecule has 0 aliphatic carbocycles. The highest BCUT2D eigenvalue weighted by Gasteiger charge is 2.36. The van der Waals surface area contributed by atoms with Crippen LogP contribution in [0.15, 0.2) is 24.3 Å². The minimum absolute atomic E-state index is 0.00200. The van der Waals surface area contributed by atoms with E-state index in [1.165, 1.54) is 16.9 Å². The van der Waals surface area contributed by atoms with E-state index in [1.807, 2.05) is 31.2 Å². The lowest BCUT2D eigenvalue weighted by Gasteiger charge is -2.31. The summed E-state index contributed by atoms with van der Waals surface area (Å²) in [6.45, 7) is 6.08. The lowest BCUT2D eigenvalue weighted by atomic mass is 9.94. The Morgan fingerprint density at radius 1 is 1.32 bits per heavy atom. The minimum Gasteiger partial charge on any atom is -0.383 e. The Morgan fingerprint density at radius 2 is 2.04 bits per heavy atom. The third-order valence-electron chi connectivity index (χ3n) is 4.70. The van der Waals surface area contributed by atoms with Crippen molar-refractivity contribution >= 4 is 35.0 Å². The lowest BCUT2D eigenvalue weighted by Crippen LogP contribution is -2.48. The predicted octanol–water partition coefficient (Wildman–Crippen LogP) is 1.87. The Kier molecular flexibility index (Phi) is 7.43. The largest absolute Gasteiger partial charge is 0.383 e. The summed E-state index contributed by atoms with van der Waals surface area (Å²) in [5.74, 6) is -0.491. The van der Waals surface area contributed by atoms with Gasteiger partial charge in [-0.15, -0.1) is 11.6 Å². The fraction of sp³-hybridized carbons (Fsp3) is 0.550. The highest BCUT2D eigenvalue weighted by Crippen LogP contribution is 2.23. The first-order valence-electron chi connectivity index (χ1n) is 9.18. The molecule has 0 spiro atoms. The average Bonchev–Trinajstić information content (AvgIpc) is 3.06. The number of methoxy groups -OCH3 is 1. The molecule has 1 aromatic rings. The van der Waals surface area contributed by atoms with Gasteiger partial charge in [-0.1, -0.05) is 12.1 Å². The number of benzene rings is 1. The Hall–Kier alpha value is -2.12. The molecule has 0 atom stereocenters. The van der Waals surface area contributed by atoms with Crippen LogP contribution in [0.3, 0.4) is 0 Å². The number of alkyl halides is 1. The molecule has 1 aromatic carbocycles. The summed E-state index contributed by atoms with van der Waals surface area (Å²) < 4.78 is 5.06. The number of carbonyl (C=O) groups excluding carboxylic acids is 3. The summed E-state index contributed by atoms with van der Waals surface area (Å²) in [6.07, 6.45) is 0. The van der Waals surface area contributed by atoms with E-state index >= 15 is 0 Å². The van der Waals surface area contributed by atoms with Gasteiger partial charge in [0, 0.05) is 25.2 Å². The molecule has 0 saturated carbocycles. The Morgan fingerprint density at radius 3 is 2.64 bits per heavy atom. The molecule has 154 valence electrons. The van der Waals surface area contributed by atoms with E-state index in [4.69, 9.17) is 16.3 Å². The van der Waals surface area contributed by atoms with Crippen molar-refractivity contribution in [1.29, 1.82) is 0 Å². The molecule has 1 aliphatic heterocycles. The standard InChI is InChI=1S/C20H28ClN3O4/c1-15-6-5-7-16(10-15)24-14-23(12-18(24)26)17(25)11-22(8-9-28-4)19(27)20(2,3)13-21/h5-7,10H,8-9,11-14H2,1-4H3. The van der Waals surface area contributed by atoms with Gasteiger partial charge in [-0.3, -0.25) is 19.3 Å². The van der Waals surface area contributed by atoms with E-state index < -0.39 is 5.41 Å². The summed E-state index contributed by atoms with van der Waals surface area (Å²) in [4.78, 5) is 42.5. The van der Waals surface area contributed by atoms with Crippen molar-refractivity contribution in [3.05, 3.63) is 29.8 Å². The van der Waals surface area contributed by atoms with Gasteiger partial charge in [0.25, 0.3) is 0 Å². The van der Waals surface area contributed by atoms with Gasteiger partial charge in [0.1, 0.15) is 13.2 Å². The van der Waals surface area contributed by atoms with Crippen molar-refractivity contribution in [3.8, 4) is 0 Å². The van der Waals surface area contributed by atoms with Gasteiger partial charge in [0.2, 0.25) is 17.7 Å². The number of rotatable bonds is 8. The summed E-state index contributed by atoms with van der Waals surface area (Å²) in [6, 6.07) is 7.58. The number of amides is 3. The number of anilines is 1. The molecule has 0 unspecified atom stereocenters. The fourth-order valence-corrected chi connectivity index (χ4v) is 3.05. The second kappa shape index (κ2) is 9.39. The van der Waals surface area contributed by atoms with Crippen LogP contribution in [0.25, 0.3) is 0 Å². The molecule has 3 amide bonds. The van der Waals surface area contributed by atoms with Crippen LogP contribution >= 0.6 is 11.6 Å². The number of aryl methyl sites for hydroxylation is 1. The molecule has 1 saturated heterocycles. The smallest absolute Gasteiger partial charge is 0.248 e. The van der Waals surface area contributed by atoms with Crippen LogP contribution in [0.4, 0.5) is 5.69 Å². The third kappa shape index (κ3) is 5.23. The van der Waals surface area contributed by atoms with E-state index in [2.05, 4.69) is 0 Å². The van der Waals surface area contributed by atoms with Crippen LogP contribution in [0.5, 0.6) is 0 Å². The molecule has 1 fully saturated rings. The van der Waals surface area contributed by atoms with E-state index in [-0.39, 0.29) is 49.9 Å². The number of hydrogen-bond acceptors (Lipinski definition) is 4. The van der Waals surface area contributed by atoms with Crippen molar-refractivity contribution < 1.29 is 19.1 Å². The van der Waals surface area contributed by atoms with Crippen molar-refractivity contribution in [2.75, 3.05) is 50.8 Å². The van der Waals surface area contributed by atoms with Gasteiger partial charge in [0.15, 0.2) is 0 Å². The van der Waals surface area contributed by atoms with Crippen molar-refractivity contribution in [1.82, 2.24) is 9.80 Å². The minimum atomic E-state index is -0.788. The number of nitrogens with zero attached hydrogens (tertiary/aromatic N) is 3. The van der Waals surface area contributed by atoms with Crippen molar-refractivity contribution in [2.45, 2.75) is 20.8 Å². The number of halogens is 1. The van der Waals surface area contributed by atoms with E-state index in [1.54, 1.807) is 18.7 Å². The molecular weight excluding hydrogens is 382 g/mol. The van der Waals surface area contributed by atoms with Crippen LogP contribution in [0, 0.1) is 12.3 Å². The zero-order valence-corrected chi connectivity index (χ0v) is 17.7. The summed E-state index contributed by atoms with van der Waals surface area (Å²) in [5.41, 5.74) is 1.01. The Labute approximate surface area is 171 Å². The predicted molar refractivity (Wildman–Crippen MR) is 108 cm³/mol. The normalized spacial score (nSPS) is 14.5. The molecule has 0 N–H and O–H groups in total. The van der Waals surface area contributed by atoms with Gasteiger partial charge in [0.05, 0.1) is 18.6 Å². The molecule has 0 aromatic heterocycles. The zero-order chi connectivity index (χ0) is 20.9. The maximum absolute atomic E-state index is 12.8. The molecule has 8 heteroatoms. The monoisotopic (exact) mass is 409 g/mol. The van der Waals surface area contributed by atoms with E-state index in [0.29, 0.717) is 6.61 Å². The number of ether oxygens (including phenoxy) is 1. The molecular formula is C20H28ClN3O4. The number of carbonyl (C=O) groups is 3. The maximum Gasteiger partial charge on any atom is 0.248 e. The van der Waals surface area contributed by atoms with Gasteiger partial charge >= 0.3 is 0 Å². The fourth-order valence-electron chi connectivity index (χ4n) is 2.94. The molecule has 28 heavy (non-hydrogen) atoms. The Balaban J connectivity index is 2.09. The zero-order valence-electron chi connectivity index (χ0n) is 16.9. The first kappa shape index (κ1) is 22.2. The quantitative estimate of drug-likeness (QED) is 0.614. The molecule has 0 radical (unpaired) electrons. The second-order valence-corrected chi connectivity index (χ2v) is 7.90. The first-order chi connectivity index (χ1) is 13.2. The second-order valence-electron chi connectivity index (χ2n) is 7.63.